The van der Waals surface area contributed by atoms with Gasteiger partial charge < -0.3 is 4.90 Å². The fourth-order valence-corrected chi connectivity index (χ4v) is 1.76. The largest absolute Gasteiger partial charge is 0.327 e. The molecule has 1 heterocycles. The highest BCUT2D eigenvalue weighted by molar-refractivity contribution is 6.62. The maximum Gasteiger partial charge on any atom is 0.316 e. The smallest absolute Gasteiger partial charge is 0.316 e. The average molecular weight is 219 g/mol. The Morgan fingerprint density at radius 1 is 1.29 bits per heavy atom. The van der Waals surface area contributed by atoms with Crippen LogP contribution in [-0.4, -0.2) is 47.9 Å². The van der Waals surface area contributed by atoms with Crippen molar-refractivity contribution in [2.75, 3.05) is 32.7 Å². The zero-order valence-corrected chi connectivity index (χ0v) is 9.76. The van der Waals surface area contributed by atoms with Crippen LogP contribution in [0.1, 0.15) is 20.3 Å². The molecule has 0 aromatic rings. The fourth-order valence-electron chi connectivity index (χ4n) is 1.59. The molecular weight excluding hydrogens is 200 g/mol. The Hall–Kier alpha value is -0.280. The van der Waals surface area contributed by atoms with Crippen LogP contribution in [0.15, 0.2) is 0 Å². The van der Waals surface area contributed by atoms with Gasteiger partial charge in [0.15, 0.2) is 0 Å². The second kappa shape index (κ2) is 5.56. The van der Waals surface area contributed by atoms with Crippen molar-refractivity contribution in [2.24, 2.45) is 5.92 Å². The van der Waals surface area contributed by atoms with Gasteiger partial charge in [0.2, 0.25) is 0 Å². The Kier molecular flexibility index (Phi) is 4.69. The summed E-state index contributed by atoms with van der Waals surface area (Å²) in [5, 5.41) is -0.312. The molecule has 0 aliphatic carbocycles. The lowest BCUT2D eigenvalue weighted by Crippen LogP contribution is -2.47. The van der Waals surface area contributed by atoms with Crippen LogP contribution >= 0.6 is 11.6 Å². The van der Waals surface area contributed by atoms with Crippen molar-refractivity contribution in [1.29, 1.82) is 0 Å². The summed E-state index contributed by atoms with van der Waals surface area (Å²) in [5.74, 6) is 0.752. The third-order valence-electron chi connectivity index (χ3n) is 2.64. The third-order valence-corrected chi connectivity index (χ3v) is 2.88. The molecule has 4 heteroatoms. The number of nitrogens with zero attached hydrogens (tertiary/aromatic N) is 2. The fraction of sp³-hybridized carbons (Fsp3) is 0.900. The predicted octanol–water partition coefficient (Wildman–Crippen LogP) is 2.01. The lowest BCUT2D eigenvalue weighted by molar-refractivity contribution is 0.149. The molecule has 1 fully saturated rings. The minimum Gasteiger partial charge on any atom is -0.327 e. The zero-order valence-electron chi connectivity index (χ0n) is 9.00. The second-order valence-corrected chi connectivity index (χ2v) is 4.59. The predicted molar refractivity (Wildman–Crippen MR) is 58.7 cm³/mol. The summed E-state index contributed by atoms with van der Waals surface area (Å²) in [6, 6.07) is 0. The first kappa shape index (κ1) is 11.8. The number of carbonyl (C=O) groups excluding carboxylic acids is 1. The third kappa shape index (κ3) is 3.84. The summed E-state index contributed by atoms with van der Waals surface area (Å²) in [4.78, 5) is 14.9. The summed E-state index contributed by atoms with van der Waals surface area (Å²) in [6.07, 6.45) is 1.23. The Balaban J connectivity index is 2.19. The van der Waals surface area contributed by atoms with Gasteiger partial charge in [0.25, 0.3) is 0 Å². The maximum atomic E-state index is 10.8. The Bertz CT molecular complexity index is 189. The first-order chi connectivity index (χ1) is 6.59. The van der Waals surface area contributed by atoms with Crippen LogP contribution in [0.4, 0.5) is 4.79 Å². The summed E-state index contributed by atoms with van der Waals surface area (Å²) in [5.41, 5.74) is 0. The maximum absolute atomic E-state index is 10.8. The number of piperazine rings is 1. The molecule has 0 radical (unpaired) electrons. The zero-order chi connectivity index (χ0) is 10.6. The standard InChI is InChI=1S/C10H19ClN2O/c1-9(2)3-4-12-5-7-13(8-6-12)10(11)14/h9H,3-8H2,1-2H3. The van der Waals surface area contributed by atoms with E-state index in [-0.39, 0.29) is 5.37 Å². The molecule has 1 aliphatic rings. The molecule has 0 spiro atoms. The van der Waals surface area contributed by atoms with Crippen LogP contribution in [0.3, 0.4) is 0 Å². The Morgan fingerprint density at radius 3 is 2.29 bits per heavy atom. The van der Waals surface area contributed by atoms with E-state index < -0.39 is 0 Å². The SMILES string of the molecule is CC(C)CCN1CCN(C(=O)Cl)CC1. The van der Waals surface area contributed by atoms with Crippen molar-refractivity contribution in [3.8, 4) is 0 Å². The van der Waals surface area contributed by atoms with Gasteiger partial charge in [-0.1, -0.05) is 13.8 Å². The van der Waals surface area contributed by atoms with Gasteiger partial charge in [-0.2, -0.15) is 0 Å². The minimum atomic E-state index is -0.312. The summed E-state index contributed by atoms with van der Waals surface area (Å²) < 4.78 is 0. The van der Waals surface area contributed by atoms with Gasteiger partial charge in [-0.05, 0) is 30.5 Å². The molecule has 0 aromatic carbocycles. The molecule has 0 atom stereocenters. The lowest BCUT2D eigenvalue weighted by Gasteiger charge is -2.33. The molecular formula is C10H19ClN2O. The van der Waals surface area contributed by atoms with Crippen molar-refractivity contribution in [1.82, 2.24) is 9.80 Å². The molecule has 0 saturated carbocycles. The van der Waals surface area contributed by atoms with E-state index >= 15 is 0 Å². The first-order valence-corrected chi connectivity index (χ1v) is 5.64. The van der Waals surface area contributed by atoms with E-state index in [4.69, 9.17) is 11.6 Å². The number of hydrogen-bond acceptors (Lipinski definition) is 2. The molecule has 82 valence electrons. The topological polar surface area (TPSA) is 23.6 Å². The Labute approximate surface area is 91.0 Å². The van der Waals surface area contributed by atoms with Crippen molar-refractivity contribution in [2.45, 2.75) is 20.3 Å². The number of carbonyl (C=O) groups is 1. The van der Waals surface area contributed by atoms with Crippen LogP contribution in [-0.2, 0) is 0 Å². The molecule has 1 saturated heterocycles. The molecule has 0 aromatic heterocycles. The van der Waals surface area contributed by atoms with Gasteiger partial charge in [0.05, 0.1) is 0 Å². The van der Waals surface area contributed by atoms with Crippen molar-refractivity contribution >= 4 is 17.0 Å². The summed E-state index contributed by atoms with van der Waals surface area (Å²) in [6.45, 7) is 9.09. The van der Waals surface area contributed by atoms with Crippen LogP contribution < -0.4 is 0 Å². The monoisotopic (exact) mass is 218 g/mol. The molecule has 1 amide bonds. The molecule has 3 nitrogen and oxygen atoms in total. The average Bonchev–Trinajstić information content (AvgIpc) is 2.15. The molecule has 1 aliphatic heterocycles. The van der Waals surface area contributed by atoms with Crippen molar-refractivity contribution in [3.05, 3.63) is 0 Å². The first-order valence-electron chi connectivity index (χ1n) is 5.26. The van der Waals surface area contributed by atoms with Crippen LogP contribution in [0.5, 0.6) is 0 Å². The highest BCUT2D eigenvalue weighted by Crippen LogP contribution is 2.07. The molecule has 1 rings (SSSR count). The van der Waals surface area contributed by atoms with Gasteiger partial charge >= 0.3 is 5.37 Å². The van der Waals surface area contributed by atoms with E-state index in [0.29, 0.717) is 0 Å². The highest BCUT2D eigenvalue weighted by Gasteiger charge is 2.19. The minimum absolute atomic E-state index is 0.312. The van der Waals surface area contributed by atoms with Gasteiger partial charge in [-0.25, -0.2) is 0 Å². The van der Waals surface area contributed by atoms with E-state index in [9.17, 15) is 4.79 Å². The van der Waals surface area contributed by atoms with Gasteiger partial charge in [-0.15, -0.1) is 0 Å². The number of hydrogen-bond donors (Lipinski definition) is 0. The Morgan fingerprint density at radius 2 is 1.86 bits per heavy atom. The molecule has 0 bridgehead atoms. The molecule has 0 unspecified atom stereocenters. The number of amides is 1. The molecule has 0 N–H and O–H groups in total. The number of rotatable bonds is 3. The summed E-state index contributed by atoms with van der Waals surface area (Å²) >= 11 is 5.40. The molecule has 14 heavy (non-hydrogen) atoms. The van der Waals surface area contributed by atoms with Crippen molar-refractivity contribution in [3.63, 3.8) is 0 Å². The highest BCUT2D eigenvalue weighted by atomic mass is 35.5. The lowest BCUT2D eigenvalue weighted by atomic mass is 10.1. The van der Waals surface area contributed by atoms with E-state index in [1.54, 1.807) is 4.90 Å². The van der Waals surface area contributed by atoms with Crippen LogP contribution in [0, 0.1) is 5.92 Å². The summed E-state index contributed by atoms with van der Waals surface area (Å²) in [7, 11) is 0. The van der Waals surface area contributed by atoms with E-state index in [1.807, 2.05) is 0 Å². The van der Waals surface area contributed by atoms with E-state index in [1.165, 1.54) is 6.42 Å². The van der Waals surface area contributed by atoms with Gasteiger partial charge in [0.1, 0.15) is 0 Å². The second-order valence-electron chi connectivity index (χ2n) is 4.26. The normalized spacial score (nSPS) is 19.0. The number of halogens is 1. The quantitative estimate of drug-likeness (QED) is 0.535. The van der Waals surface area contributed by atoms with E-state index in [0.717, 1.165) is 38.6 Å². The van der Waals surface area contributed by atoms with Gasteiger partial charge in [-0.3, -0.25) is 9.69 Å². The van der Waals surface area contributed by atoms with Crippen molar-refractivity contribution < 1.29 is 4.79 Å². The van der Waals surface area contributed by atoms with E-state index in [2.05, 4.69) is 18.7 Å². The van der Waals surface area contributed by atoms with Crippen LogP contribution in [0.2, 0.25) is 0 Å². The van der Waals surface area contributed by atoms with Gasteiger partial charge in [0, 0.05) is 26.2 Å². The van der Waals surface area contributed by atoms with Crippen LogP contribution in [0.25, 0.3) is 0 Å².